The van der Waals surface area contributed by atoms with Crippen molar-refractivity contribution in [3.05, 3.63) is 0 Å². The molecule has 0 aromatic carbocycles. The van der Waals surface area contributed by atoms with Crippen molar-refractivity contribution in [3.8, 4) is 0 Å². The highest BCUT2D eigenvalue weighted by Gasteiger charge is 2.53. The van der Waals surface area contributed by atoms with Crippen LogP contribution >= 0.6 is 0 Å². The van der Waals surface area contributed by atoms with Gasteiger partial charge in [0.1, 0.15) is 0 Å². The van der Waals surface area contributed by atoms with Gasteiger partial charge in [-0.15, -0.1) is 0 Å². The number of nitrogens with two attached hydrogens (primary N) is 1. The average molecular weight is 293 g/mol. The van der Waals surface area contributed by atoms with Crippen LogP contribution in [0.5, 0.6) is 0 Å². The predicted molar refractivity (Wildman–Crippen MR) is 89.3 cm³/mol. The van der Waals surface area contributed by atoms with Gasteiger partial charge in [0.05, 0.1) is 0 Å². The van der Waals surface area contributed by atoms with E-state index in [1.54, 1.807) is 0 Å². The first-order chi connectivity index (χ1) is 9.88. The van der Waals surface area contributed by atoms with Crippen molar-refractivity contribution in [3.63, 3.8) is 0 Å². The third-order valence-corrected chi connectivity index (χ3v) is 6.67. The molecule has 2 heterocycles. The third-order valence-electron chi connectivity index (χ3n) is 6.67. The molecule has 3 heteroatoms. The van der Waals surface area contributed by atoms with E-state index in [4.69, 9.17) is 5.73 Å². The molecule has 1 aliphatic carbocycles. The molecule has 2 saturated heterocycles. The van der Waals surface area contributed by atoms with Crippen LogP contribution in [0.3, 0.4) is 0 Å². The van der Waals surface area contributed by atoms with Crippen LogP contribution in [0.15, 0.2) is 0 Å². The minimum absolute atomic E-state index is 0.243. The highest BCUT2D eigenvalue weighted by molar-refractivity contribution is 5.09. The van der Waals surface area contributed by atoms with Gasteiger partial charge in [0.2, 0.25) is 0 Å². The van der Waals surface area contributed by atoms with Gasteiger partial charge in [-0.05, 0) is 50.5 Å². The van der Waals surface area contributed by atoms with Crippen LogP contribution in [0.4, 0.5) is 0 Å². The molecule has 0 spiro atoms. The summed E-state index contributed by atoms with van der Waals surface area (Å²) in [5.41, 5.74) is 7.08. The Labute approximate surface area is 131 Å². The van der Waals surface area contributed by atoms with Gasteiger partial charge in [0.15, 0.2) is 0 Å². The van der Waals surface area contributed by atoms with E-state index in [1.165, 1.54) is 51.7 Å². The normalized spacial score (nSPS) is 44.7. The number of fused-ring (bicyclic) bond motifs is 1. The summed E-state index contributed by atoms with van der Waals surface area (Å²) in [6, 6.07) is 1.44. The van der Waals surface area contributed by atoms with Crippen LogP contribution in [0.1, 0.15) is 59.8 Å². The molecule has 3 aliphatic rings. The summed E-state index contributed by atoms with van der Waals surface area (Å²) in [4.78, 5) is 5.58. The Morgan fingerprint density at radius 2 is 1.90 bits per heavy atom. The maximum Gasteiger partial charge on any atom is 0.0366 e. The monoisotopic (exact) mass is 293 g/mol. The molecule has 2 N–H and O–H groups in total. The summed E-state index contributed by atoms with van der Waals surface area (Å²) in [6.45, 7) is 14.4. The Morgan fingerprint density at radius 1 is 1.14 bits per heavy atom. The van der Waals surface area contributed by atoms with E-state index >= 15 is 0 Å². The van der Waals surface area contributed by atoms with Crippen LogP contribution in [0.25, 0.3) is 0 Å². The van der Waals surface area contributed by atoms with E-state index in [-0.39, 0.29) is 5.54 Å². The molecule has 0 aromatic heterocycles. The second-order valence-corrected chi connectivity index (χ2v) is 8.90. The molecule has 1 saturated carbocycles. The van der Waals surface area contributed by atoms with Crippen molar-refractivity contribution >= 4 is 0 Å². The van der Waals surface area contributed by atoms with Crippen molar-refractivity contribution in [2.75, 3.05) is 26.2 Å². The highest BCUT2D eigenvalue weighted by atomic mass is 15.3. The van der Waals surface area contributed by atoms with E-state index in [0.29, 0.717) is 11.5 Å². The molecule has 4 atom stereocenters. The van der Waals surface area contributed by atoms with E-state index < -0.39 is 0 Å². The number of piperazine rings is 1. The molecule has 0 radical (unpaired) electrons. The molecule has 122 valence electrons. The Balaban J connectivity index is 1.83. The molecule has 3 rings (SSSR count). The first-order valence-corrected chi connectivity index (χ1v) is 9.09. The number of hydrogen-bond acceptors (Lipinski definition) is 3. The quantitative estimate of drug-likeness (QED) is 0.849. The zero-order valence-corrected chi connectivity index (χ0v) is 14.6. The molecular formula is C18H35N3. The van der Waals surface area contributed by atoms with Gasteiger partial charge in [0, 0.05) is 37.3 Å². The van der Waals surface area contributed by atoms with Gasteiger partial charge in [0.25, 0.3) is 0 Å². The Kier molecular flexibility index (Phi) is 4.13. The molecule has 21 heavy (non-hydrogen) atoms. The first-order valence-electron chi connectivity index (χ1n) is 9.09. The molecule has 3 fully saturated rings. The van der Waals surface area contributed by atoms with Gasteiger partial charge in [-0.25, -0.2) is 0 Å². The molecule has 0 bridgehead atoms. The minimum Gasteiger partial charge on any atom is -0.329 e. The second kappa shape index (κ2) is 5.50. The molecule has 0 aromatic rings. The van der Waals surface area contributed by atoms with Gasteiger partial charge in [-0.1, -0.05) is 27.2 Å². The van der Waals surface area contributed by atoms with E-state index in [1.807, 2.05) is 0 Å². The second-order valence-electron chi connectivity index (χ2n) is 8.90. The standard InChI is InChI=1S/C18H35N3/c1-14-9-17(3,4)12-18(14,13-19)21-11-16-7-5-6-8-20(16)10-15(21)2/h14-16H,5-13,19H2,1-4H3. The van der Waals surface area contributed by atoms with Gasteiger partial charge < -0.3 is 5.73 Å². The third kappa shape index (κ3) is 2.66. The summed E-state index contributed by atoms with van der Waals surface area (Å²) in [5.74, 6) is 0.718. The number of piperidine rings is 1. The largest absolute Gasteiger partial charge is 0.329 e. The summed E-state index contributed by atoms with van der Waals surface area (Å²) in [6.07, 6.45) is 6.80. The zero-order chi connectivity index (χ0) is 15.3. The maximum absolute atomic E-state index is 6.39. The van der Waals surface area contributed by atoms with Crippen molar-refractivity contribution in [2.45, 2.75) is 77.4 Å². The number of rotatable bonds is 2. The SMILES string of the molecule is CC1CN2CCCCC2CN1C1(CN)CC(C)(C)CC1C. The lowest BCUT2D eigenvalue weighted by molar-refractivity contribution is -0.0590. The first kappa shape index (κ1) is 15.8. The lowest BCUT2D eigenvalue weighted by Crippen LogP contribution is -2.68. The van der Waals surface area contributed by atoms with Crippen LogP contribution in [-0.2, 0) is 0 Å². The molecule has 3 nitrogen and oxygen atoms in total. The molecular weight excluding hydrogens is 258 g/mol. The summed E-state index contributed by atoms with van der Waals surface area (Å²) < 4.78 is 0. The summed E-state index contributed by atoms with van der Waals surface area (Å²) in [7, 11) is 0. The Bertz CT molecular complexity index is 381. The highest BCUT2D eigenvalue weighted by Crippen LogP contribution is 2.51. The molecule has 4 unspecified atom stereocenters. The van der Waals surface area contributed by atoms with Crippen LogP contribution in [0.2, 0.25) is 0 Å². The van der Waals surface area contributed by atoms with E-state index in [0.717, 1.165) is 18.5 Å². The minimum atomic E-state index is 0.243. The van der Waals surface area contributed by atoms with Gasteiger partial charge in [-0.2, -0.15) is 0 Å². The lowest BCUT2D eigenvalue weighted by Gasteiger charge is -2.55. The van der Waals surface area contributed by atoms with Crippen molar-refractivity contribution in [1.29, 1.82) is 0 Å². The van der Waals surface area contributed by atoms with Crippen molar-refractivity contribution < 1.29 is 0 Å². The fraction of sp³-hybridized carbons (Fsp3) is 1.00. The summed E-state index contributed by atoms with van der Waals surface area (Å²) in [5, 5.41) is 0. The van der Waals surface area contributed by atoms with Crippen LogP contribution < -0.4 is 5.73 Å². The lowest BCUT2D eigenvalue weighted by atomic mass is 9.81. The average Bonchev–Trinajstić information content (AvgIpc) is 2.68. The van der Waals surface area contributed by atoms with Crippen molar-refractivity contribution in [1.82, 2.24) is 9.80 Å². The van der Waals surface area contributed by atoms with E-state index in [2.05, 4.69) is 37.5 Å². The van der Waals surface area contributed by atoms with Gasteiger partial charge in [-0.3, -0.25) is 9.80 Å². The van der Waals surface area contributed by atoms with Gasteiger partial charge >= 0.3 is 0 Å². The topological polar surface area (TPSA) is 32.5 Å². The maximum atomic E-state index is 6.39. The summed E-state index contributed by atoms with van der Waals surface area (Å²) >= 11 is 0. The van der Waals surface area contributed by atoms with Crippen molar-refractivity contribution in [2.24, 2.45) is 17.1 Å². The number of nitrogens with zero attached hydrogens (tertiary/aromatic N) is 2. The molecule has 0 amide bonds. The Morgan fingerprint density at radius 3 is 2.52 bits per heavy atom. The molecule has 2 aliphatic heterocycles. The van der Waals surface area contributed by atoms with E-state index in [9.17, 15) is 0 Å². The van der Waals surface area contributed by atoms with Crippen LogP contribution in [0, 0.1) is 11.3 Å². The smallest absolute Gasteiger partial charge is 0.0366 e. The fourth-order valence-electron chi connectivity index (χ4n) is 5.84. The number of hydrogen-bond donors (Lipinski definition) is 1. The predicted octanol–water partition coefficient (Wildman–Crippen LogP) is 2.70. The fourth-order valence-corrected chi connectivity index (χ4v) is 5.84. The Hall–Kier alpha value is -0.120. The van der Waals surface area contributed by atoms with Crippen LogP contribution in [-0.4, -0.2) is 53.6 Å². The zero-order valence-electron chi connectivity index (χ0n) is 14.6.